The van der Waals surface area contributed by atoms with Crippen molar-refractivity contribution >= 4 is 5.91 Å². The Balaban J connectivity index is 1.76. The van der Waals surface area contributed by atoms with Crippen LogP contribution in [0.25, 0.3) is 5.69 Å². The van der Waals surface area contributed by atoms with E-state index in [1.807, 2.05) is 50.2 Å². The number of carbonyl (C=O) groups excluding carboxylic acids is 1. The van der Waals surface area contributed by atoms with Crippen molar-refractivity contribution < 1.29 is 9.18 Å². The molecule has 1 heterocycles. The summed E-state index contributed by atoms with van der Waals surface area (Å²) in [6.45, 7) is 3.89. The van der Waals surface area contributed by atoms with E-state index in [0.29, 0.717) is 11.3 Å². The van der Waals surface area contributed by atoms with Gasteiger partial charge >= 0.3 is 5.69 Å². The van der Waals surface area contributed by atoms with Crippen LogP contribution in [0.15, 0.2) is 82.4 Å². The molecule has 4 rings (SSSR count). The molecule has 1 N–H and O–H groups in total. The van der Waals surface area contributed by atoms with Gasteiger partial charge in [-0.15, -0.1) is 0 Å². The molecule has 0 aliphatic carbocycles. The first-order chi connectivity index (χ1) is 16.3. The van der Waals surface area contributed by atoms with Gasteiger partial charge in [-0.1, -0.05) is 59.7 Å². The molecule has 0 aliphatic heterocycles. The first-order valence-electron chi connectivity index (χ1n) is 10.7. The van der Waals surface area contributed by atoms with Crippen molar-refractivity contribution in [3.05, 3.63) is 127 Å². The monoisotopic (exact) mass is 458 g/mol. The summed E-state index contributed by atoms with van der Waals surface area (Å²) >= 11 is 0. The van der Waals surface area contributed by atoms with E-state index in [2.05, 4.69) is 10.4 Å². The van der Waals surface area contributed by atoms with Crippen LogP contribution in [0.3, 0.4) is 0 Å². The Kier molecular flexibility index (Phi) is 6.49. The van der Waals surface area contributed by atoms with Crippen molar-refractivity contribution in [1.29, 1.82) is 0 Å². The normalized spacial score (nSPS) is 10.8. The van der Waals surface area contributed by atoms with Gasteiger partial charge in [0.25, 0.3) is 11.5 Å². The van der Waals surface area contributed by atoms with Gasteiger partial charge in [0.05, 0.1) is 12.2 Å². The molecule has 0 atom stereocenters. The highest BCUT2D eigenvalue weighted by Crippen LogP contribution is 2.08. The SMILES string of the molecule is Cc1ccc(-n2nc(C(=O)NCc3ccc(F)cc3)c(=O)n(Cc3cccc(C)c3)c2=O)cc1. The maximum absolute atomic E-state index is 13.2. The summed E-state index contributed by atoms with van der Waals surface area (Å²) in [5, 5.41) is 6.75. The Morgan fingerprint density at radius 3 is 2.29 bits per heavy atom. The van der Waals surface area contributed by atoms with Crippen molar-refractivity contribution in [3.8, 4) is 5.69 Å². The molecule has 0 aliphatic rings. The molecule has 8 heteroatoms. The van der Waals surface area contributed by atoms with Gasteiger partial charge < -0.3 is 5.32 Å². The lowest BCUT2D eigenvalue weighted by Gasteiger charge is -2.13. The highest BCUT2D eigenvalue weighted by atomic mass is 19.1. The number of aromatic nitrogens is 3. The first-order valence-corrected chi connectivity index (χ1v) is 10.7. The third-order valence-corrected chi connectivity index (χ3v) is 5.34. The highest BCUT2D eigenvalue weighted by molar-refractivity contribution is 5.91. The number of nitrogens with zero attached hydrogens (tertiary/aromatic N) is 3. The maximum Gasteiger partial charge on any atom is 0.352 e. The molecular weight excluding hydrogens is 435 g/mol. The second-order valence-electron chi connectivity index (χ2n) is 8.07. The minimum atomic E-state index is -0.786. The summed E-state index contributed by atoms with van der Waals surface area (Å²) in [6, 6.07) is 20.1. The van der Waals surface area contributed by atoms with Gasteiger partial charge in [0.1, 0.15) is 5.82 Å². The Morgan fingerprint density at radius 2 is 1.62 bits per heavy atom. The molecule has 4 aromatic rings. The summed E-state index contributed by atoms with van der Waals surface area (Å²) in [4.78, 5) is 39.4. The number of rotatable bonds is 6. The van der Waals surface area contributed by atoms with Crippen LogP contribution in [0.2, 0.25) is 0 Å². The predicted octanol–water partition coefficient (Wildman–Crippen LogP) is 3.13. The topological polar surface area (TPSA) is 86.0 Å². The molecule has 0 fully saturated rings. The number of halogens is 1. The van der Waals surface area contributed by atoms with Crippen molar-refractivity contribution in [2.75, 3.05) is 0 Å². The summed E-state index contributed by atoms with van der Waals surface area (Å²) in [5.74, 6) is -1.12. The Bertz CT molecular complexity index is 1460. The van der Waals surface area contributed by atoms with Gasteiger partial charge in [0.2, 0.25) is 5.69 Å². The molecule has 1 aromatic heterocycles. The van der Waals surface area contributed by atoms with E-state index in [0.717, 1.165) is 25.9 Å². The minimum absolute atomic E-state index is 0.00797. The number of hydrogen-bond acceptors (Lipinski definition) is 4. The van der Waals surface area contributed by atoms with E-state index < -0.39 is 22.9 Å². The molecule has 0 spiro atoms. The van der Waals surface area contributed by atoms with Crippen LogP contribution in [-0.4, -0.2) is 20.3 Å². The molecule has 34 heavy (non-hydrogen) atoms. The van der Waals surface area contributed by atoms with Gasteiger partial charge in [-0.25, -0.2) is 9.18 Å². The van der Waals surface area contributed by atoms with Crippen molar-refractivity contribution in [1.82, 2.24) is 19.7 Å². The number of carbonyl (C=O) groups is 1. The van der Waals surface area contributed by atoms with Gasteiger partial charge in [-0.2, -0.15) is 9.78 Å². The number of amides is 1. The standard InChI is InChI=1S/C26H23FN4O3/c1-17-6-12-22(13-7-17)31-26(34)30(16-20-5-3-4-18(2)14-20)25(33)23(29-31)24(32)28-15-19-8-10-21(27)11-9-19/h3-14H,15-16H2,1-2H3,(H,28,32). The zero-order valence-electron chi connectivity index (χ0n) is 18.8. The molecule has 7 nitrogen and oxygen atoms in total. The second-order valence-corrected chi connectivity index (χ2v) is 8.07. The average molecular weight is 458 g/mol. The lowest BCUT2D eigenvalue weighted by atomic mass is 10.1. The fraction of sp³-hybridized carbons (Fsp3) is 0.154. The summed E-state index contributed by atoms with van der Waals surface area (Å²) < 4.78 is 15.2. The zero-order valence-corrected chi connectivity index (χ0v) is 18.8. The quantitative estimate of drug-likeness (QED) is 0.481. The van der Waals surface area contributed by atoms with Gasteiger partial charge in [-0.05, 0) is 49.2 Å². The van der Waals surface area contributed by atoms with Crippen LogP contribution >= 0.6 is 0 Å². The molecule has 1 amide bonds. The molecule has 0 bridgehead atoms. The van der Waals surface area contributed by atoms with Crippen LogP contribution < -0.4 is 16.6 Å². The number of nitrogens with one attached hydrogen (secondary N) is 1. The van der Waals surface area contributed by atoms with E-state index in [4.69, 9.17) is 0 Å². The fourth-order valence-electron chi connectivity index (χ4n) is 3.51. The highest BCUT2D eigenvalue weighted by Gasteiger charge is 2.20. The third kappa shape index (κ3) is 5.01. The Hall–Kier alpha value is -4.33. The molecule has 3 aromatic carbocycles. The van der Waals surface area contributed by atoms with Crippen molar-refractivity contribution in [2.45, 2.75) is 26.9 Å². The van der Waals surface area contributed by atoms with Crippen LogP contribution in [0.4, 0.5) is 4.39 Å². The zero-order chi connectivity index (χ0) is 24.2. The first kappa shape index (κ1) is 22.8. The van der Waals surface area contributed by atoms with Crippen LogP contribution in [-0.2, 0) is 13.1 Å². The third-order valence-electron chi connectivity index (χ3n) is 5.34. The summed E-state index contributed by atoms with van der Waals surface area (Å²) in [7, 11) is 0. The number of benzene rings is 3. The molecule has 172 valence electrons. The lowest BCUT2D eigenvalue weighted by Crippen LogP contribution is -2.46. The number of hydrogen-bond donors (Lipinski definition) is 1. The maximum atomic E-state index is 13.2. The van der Waals surface area contributed by atoms with E-state index in [1.54, 1.807) is 12.1 Å². The van der Waals surface area contributed by atoms with Crippen LogP contribution in [0.5, 0.6) is 0 Å². The molecular formula is C26H23FN4O3. The average Bonchev–Trinajstić information content (AvgIpc) is 2.82. The van der Waals surface area contributed by atoms with Crippen molar-refractivity contribution in [3.63, 3.8) is 0 Å². The van der Waals surface area contributed by atoms with E-state index in [-0.39, 0.29) is 18.9 Å². The lowest BCUT2D eigenvalue weighted by molar-refractivity contribution is 0.0941. The molecule has 0 saturated heterocycles. The summed E-state index contributed by atoms with van der Waals surface area (Å²) in [6.07, 6.45) is 0. The largest absolute Gasteiger partial charge is 0.352 e. The molecule has 0 unspecified atom stereocenters. The van der Waals surface area contributed by atoms with Crippen LogP contribution in [0.1, 0.15) is 32.7 Å². The van der Waals surface area contributed by atoms with Gasteiger partial charge in [-0.3, -0.25) is 14.2 Å². The Labute approximate surface area is 195 Å². The van der Waals surface area contributed by atoms with Gasteiger partial charge in [0.15, 0.2) is 0 Å². The van der Waals surface area contributed by atoms with E-state index in [9.17, 15) is 18.8 Å². The fourth-order valence-corrected chi connectivity index (χ4v) is 3.51. The van der Waals surface area contributed by atoms with Crippen molar-refractivity contribution in [2.24, 2.45) is 0 Å². The van der Waals surface area contributed by atoms with E-state index in [1.165, 1.54) is 24.3 Å². The summed E-state index contributed by atoms with van der Waals surface area (Å²) in [5.41, 5.74) is 1.96. The second kappa shape index (κ2) is 9.66. The van der Waals surface area contributed by atoms with Gasteiger partial charge in [0, 0.05) is 6.54 Å². The van der Waals surface area contributed by atoms with E-state index >= 15 is 0 Å². The Morgan fingerprint density at radius 1 is 0.912 bits per heavy atom. The minimum Gasteiger partial charge on any atom is -0.346 e. The molecule has 0 radical (unpaired) electrons. The van der Waals surface area contributed by atoms with Crippen LogP contribution in [0, 0.1) is 19.7 Å². The number of aryl methyl sites for hydroxylation is 2. The predicted molar refractivity (Wildman–Crippen MR) is 127 cm³/mol. The smallest absolute Gasteiger partial charge is 0.346 e. The molecule has 0 saturated carbocycles.